The first-order valence-corrected chi connectivity index (χ1v) is 6.87. The molecule has 8 heteroatoms. The molecule has 0 radical (unpaired) electrons. The van der Waals surface area contributed by atoms with Gasteiger partial charge in [0.2, 0.25) is 5.89 Å². The van der Waals surface area contributed by atoms with Crippen molar-refractivity contribution in [1.29, 1.82) is 0 Å². The molecule has 0 bridgehead atoms. The van der Waals surface area contributed by atoms with Crippen LogP contribution in [0.2, 0.25) is 5.02 Å². The van der Waals surface area contributed by atoms with E-state index in [0.29, 0.717) is 22.0 Å². The number of aromatic nitrogens is 3. The van der Waals surface area contributed by atoms with Crippen molar-refractivity contribution in [3.05, 3.63) is 52.2 Å². The van der Waals surface area contributed by atoms with E-state index >= 15 is 0 Å². The molecule has 0 aliphatic carbocycles. The lowest BCUT2D eigenvalue weighted by Gasteiger charge is -2.05. The van der Waals surface area contributed by atoms with Crippen LogP contribution in [-0.4, -0.2) is 15.2 Å². The number of hydrogen-bond acceptors (Lipinski definition) is 5. The largest absolute Gasteiger partial charge is 0.436 e. The molecule has 0 fully saturated rings. The fraction of sp³-hybridized carbons (Fsp3) is 0. The van der Waals surface area contributed by atoms with Gasteiger partial charge in [0.1, 0.15) is 5.75 Å². The SMILES string of the molecule is Fc1cc(Cl)cnc1Oc1ccc(-c2nnc(Br)o2)cc1. The van der Waals surface area contributed by atoms with Gasteiger partial charge in [0.15, 0.2) is 5.82 Å². The first-order chi connectivity index (χ1) is 10.1. The second-order valence-electron chi connectivity index (χ2n) is 3.93. The number of benzene rings is 1. The van der Waals surface area contributed by atoms with Gasteiger partial charge < -0.3 is 9.15 Å². The Morgan fingerprint density at radius 2 is 1.95 bits per heavy atom. The van der Waals surface area contributed by atoms with Crippen LogP contribution in [0, 0.1) is 5.82 Å². The highest BCUT2D eigenvalue weighted by molar-refractivity contribution is 9.10. The summed E-state index contributed by atoms with van der Waals surface area (Å²) in [5, 5.41) is 7.74. The molecule has 3 aromatic rings. The Morgan fingerprint density at radius 1 is 1.19 bits per heavy atom. The van der Waals surface area contributed by atoms with Crippen LogP contribution in [0.4, 0.5) is 4.39 Å². The maximum Gasteiger partial charge on any atom is 0.285 e. The van der Waals surface area contributed by atoms with Gasteiger partial charge in [-0.1, -0.05) is 11.6 Å². The third-order valence-corrected chi connectivity index (χ3v) is 3.02. The van der Waals surface area contributed by atoms with Gasteiger partial charge in [0.05, 0.1) is 5.02 Å². The number of nitrogens with zero attached hydrogens (tertiary/aromatic N) is 3. The molecule has 0 atom stereocenters. The molecule has 0 N–H and O–H groups in total. The first kappa shape index (κ1) is 14.0. The topological polar surface area (TPSA) is 61.0 Å². The second-order valence-corrected chi connectivity index (χ2v) is 5.04. The maximum absolute atomic E-state index is 13.6. The predicted octanol–water partition coefficient (Wildman–Crippen LogP) is 4.48. The zero-order valence-electron chi connectivity index (χ0n) is 10.3. The third-order valence-electron chi connectivity index (χ3n) is 2.49. The summed E-state index contributed by atoms with van der Waals surface area (Å²) in [5.41, 5.74) is 0.713. The van der Waals surface area contributed by atoms with Crippen LogP contribution in [-0.2, 0) is 0 Å². The summed E-state index contributed by atoms with van der Waals surface area (Å²) in [6, 6.07) is 7.84. The average molecular weight is 371 g/mol. The van der Waals surface area contributed by atoms with Gasteiger partial charge in [-0.25, -0.2) is 9.37 Å². The van der Waals surface area contributed by atoms with Crippen LogP contribution < -0.4 is 4.74 Å². The van der Waals surface area contributed by atoms with Crippen LogP contribution in [0.1, 0.15) is 0 Å². The van der Waals surface area contributed by atoms with E-state index in [-0.39, 0.29) is 10.9 Å². The summed E-state index contributed by atoms with van der Waals surface area (Å²) in [4.78, 5) is 4.08. The van der Waals surface area contributed by atoms with E-state index in [4.69, 9.17) is 20.8 Å². The Hall–Kier alpha value is -1.99. The van der Waals surface area contributed by atoms with Crippen LogP contribution >= 0.6 is 27.5 Å². The zero-order valence-corrected chi connectivity index (χ0v) is 12.6. The monoisotopic (exact) mass is 369 g/mol. The summed E-state index contributed by atoms with van der Waals surface area (Å²) in [6.45, 7) is 0. The smallest absolute Gasteiger partial charge is 0.285 e. The van der Waals surface area contributed by atoms with Gasteiger partial charge in [0, 0.05) is 27.7 Å². The van der Waals surface area contributed by atoms with Crippen molar-refractivity contribution in [2.75, 3.05) is 0 Å². The average Bonchev–Trinajstić information content (AvgIpc) is 2.89. The minimum absolute atomic E-state index is 0.146. The van der Waals surface area contributed by atoms with E-state index < -0.39 is 5.82 Å². The molecule has 2 heterocycles. The van der Waals surface area contributed by atoms with E-state index in [1.165, 1.54) is 6.20 Å². The molecule has 0 aliphatic rings. The Bertz CT molecular complexity index is 779. The molecule has 0 saturated heterocycles. The molecule has 0 amide bonds. The normalized spacial score (nSPS) is 10.6. The highest BCUT2D eigenvalue weighted by Crippen LogP contribution is 2.27. The lowest BCUT2D eigenvalue weighted by Crippen LogP contribution is -1.91. The summed E-state index contributed by atoms with van der Waals surface area (Å²) in [6.07, 6.45) is 1.31. The predicted molar refractivity (Wildman–Crippen MR) is 76.7 cm³/mol. The van der Waals surface area contributed by atoms with Gasteiger partial charge in [-0.3, -0.25) is 0 Å². The van der Waals surface area contributed by atoms with Gasteiger partial charge in [-0.05, 0) is 30.3 Å². The number of hydrogen-bond donors (Lipinski definition) is 0. The molecule has 106 valence electrons. The van der Waals surface area contributed by atoms with E-state index in [2.05, 4.69) is 31.1 Å². The first-order valence-electron chi connectivity index (χ1n) is 5.70. The molecule has 0 aliphatic heterocycles. The van der Waals surface area contributed by atoms with E-state index in [0.717, 1.165) is 6.07 Å². The fourth-order valence-electron chi connectivity index (χ4n) is 1.58. The third kappa shape index (κ3) is 3.20. The summed E-state index contributed by atoms with van der Waals surface area (Å²) in [7, 11) is 0. The lowest BCUT2D eigenvalue weighted by molar-refractivity contribution is 0.423. The minimum atomic E-state index is -0.632. The van der Waals surface area contributed by atoms with Crippen LogP contribution in [0.25, 0.3) is 11.5 Å². The summed E-state index contributed by atoms with van der Waals surface area (Å²) < 4.78 is 24.1. The quantitative estimate of drug-likeness (QED) is 0.680. The van der Waals surface area contributed by atoms with Crippen molar-refractivity contribution < 1.29 is 13.5 Å². The van der Waals surface area contributed by atoms with Crippen molar-refractivity contribution in [1.82, 2.24) is 15.2 Å². The summed E-state index contributed by atoms with van der Waals surface area (Å²) in [5.74, 6) is 0.00960. The molecule has 5 nitrogen and oxygen atoms in total. The van der Waals surface area contributed by atoms with Gasteiger partial charge >= 0.3 is 0 Å². The molecule has 3 rings (SSSR count). The Balaban J connectivity index is 1.81. The van der Waals surface area contributed by atoms with Crippen LogP contribution in [0.5, 0.6) is 11.6 Å². The number of ether oxygens (including phenoxy) is 1. The number of rotatable bonds is 3. The maximum atomic E-state index is 13.6. The Labute approximate surface area is 131 Å². The van der Waals surface area contributed by atoms with Crippen LogP contribution in [0.15, 0.2) is 45.7 Å². The van der Waals surface area contributed by atoms with E-state index in [1.807, 2.05) is 0 Å². The van der Waals surface area contributed by atoms with Crippen LogP contribution in [0.3, 0.4) is 0 Å². The van der Waals surface area contributed by atoms with Gasteiger partial charge in [-0.2, -0.15) is 0 Å². The second kappa shape index (κ2) is 5.79. The van der Waals surface area contributed by atoms with Crippen molar-refractivity contribution in [3.8, 4) is 23.1 Å². The summed E-state index contributed by atoms with van der Waals surface area (Å²) >= 11 is 8.70. The lowest BCUT2D eigenvalue weighted by atomic mass is 10.2. The molecule has 2 aromatic heterocycles. The molecular weight excluding hydrogens is 365 g/mol. The molecule has 21 heavy (non-hydrogen) atoms. The van der Waals surface area contributed by atoms with Crippen molar-refractivity contribution in [2.24, 2.45) is 0 Å². The van der Waals surface area contributed by atoms with Gasteiger partial charge in [0.25, 0.3) is 10.7 Å². The van der Waals surface area contributed by atoms with Gasteiger partial charge in [-0.15, -0.1) is 10.2 Å². The molecule has 0 saturated carbocycles. The molecular formula is C13H6BrClFN3O2. The minimum Gasteiger partial charge on any atom is -0.436 e. The Kier molecular flexibility index (Phi) is 3.85. The molecule has 0 unspecified atom stereocenters. The van der Waals surface area contributed by atoms with Crippen molar-refractivity contribution in [2.45, 2.75) is 0 Å². The molecule has 1 aromatic carbocycles. The van der Waals surface area contributed by atoms with E-state index in [1.54, 1.807) is 24.3 Å². The van der Waals surface area contributed by atoms with Crippen molar-refractivity contribution in [3.63, 3.8) is 0 Å². The number of halogens is 3. The highest BCUT2D eigenvalue weighted by Gasteiger charge is 2.09. The highest BCUT2D eigenvalue weighted by atomic mass is 79.9. The molecule has 0 spiro atoms. The van der Waals surface area contributed by atoms with Crippen molar-refractivity contribution >= 4 is 27.5 Å². The fourth-order valence-corrected chi connectivity index (χ4v) is 1.95. The number of pyridine rings is 1. The standard InChI is InChI=1S/C13H6BrClFN3O2/c14-13-19-18-11(21-13)7-1-3-9(4-2-7)20-12-10(16)5-8(15)6-17-12/h1-6H. The van der Waals surface area contributed by atoms with E-state index in [9.17, 15) is 4.39 Å². The Morgan fingerprint density at radius 3 is 2.57 bits per heavy atom. The zero-order chi connectivity index (χ0) is 14.8.